The largest absolute Gasteiger partial charge is 0.330 e. The molecule has 1 rings (SSSR count). The summed E-state index contributed by atoms with van der Waals surface area (Å²) >= 11 is 0. The molecule has 0 bridgehead atoms. The maximum atomic E-state index is 5.41. The Hall–Kier alpha value is -0.960. The third-order valence-electron chi connectivity index (χ3n) is 1.56. The van der Waals surface area contributed by atoms with Crippen LogP contribution in [0.1, 0.15) is 17.1 Å². The van der Waals surface area contributed by atoms with Crippen molar-refractivity contribution in [2.24, 2.45) is 5.73 Å². The second-order valence-corrected chi connectivity index (χ2v) is 2.58. The molecule has 3 heteroatoms. The fourth-order valence-corrected chi connectivity index (χ4v) is 0.961. The zero-order valence-corrected chi connectivity index (χ0v) is 6.96. The number of aromatic nitrogens is 2. The molecule has 1 heterocycles. The van der Waals surface area contributed by atoms with E-state index in [1.165, 1.54) is 0 Å². The van der Waals surface area contributed by atoms with Gasteiger partial charge in [0.25, 0.3) is 0 Å². The molecule has 0 saturated heterocycles. The van der Waals surface area contributed by atoms with Crippen molar-refractivity contribution >= 4 is 0 Å². The van der Waals surface area contributed by atoms with E-state index in [2.05, 4.69) is 9.97 Å². The van der Waals surface area contributed by atoms with Crippen LogP contribution in [0.5, 0.6) is 0 Å². The van der Waals surface area contributed by atoms with Crippen molar-refractivity contribution in [1.29, 1.82) is 0 Å². The Morgan fingerprint density at radius 3 is 2.82 bits per heavy atom. The van der Waals surface area contributed by atoms with Gasteiger partial charge in [0.2, 0.25) is 0 Å². The molecule has 3 nitrogen and oxygen atoms in total. The summed E-state index contributed by atoms with van der Waals surface area (Å²) in [4.78, 5) is 8.50. The standard InChI is InChI=1S/C8H13N3/c1-6-5-10-7(2)8(11-6)3-4-9/h5H,3-4,9H2,1-2H3. The first-order valence-electron chi connectivity index (χ1n) is 3.73. The average Bonchev–Trinajstić information content (AvgIpc) is 1.98. The predicted octanol–water partition coefficient (Wildman–Crippen LogP) is 0.595. The molecule has 0 radical (unpaired) electrons. The van der Waals surface area contributed by atoms with E-state index in [1.807, 2.05) is 13.8 Å². The van der Waals surface area contributed by atoms with E-state index in [-0.39, 0.29) is 0 Å². The Kier molecular flexibility index (Phi) is 2.54. The molecule has 0 aromatic carbocycles. The molecule has 0 aliphatic heterocycles. The summed E-state index contributed by atoms with van der Waals surface area (Å²) in [6.45, 7) is 4.53. The van der Waals surface area contributed by atoms with Crippen molar-refractivity contribution in [3.05, 3.63) is 23.3 Å². The van der Waals surface area contributed by atoms with Gasteiger partial charge in [0.15, 0.2) is 0 Å². The lowest BCUT2D eigenvalue weighted by atomic mass is 10.2. The van der Waals surface area contributed by atoms with E-state index in [1.54, 1.807) is 6.20 Å². The fraction of sp³-hybridized carbons (Fsp3) is 0.500. The molecule has 0 atom stereocenters. The van der Waals surface area contributed by atoms with Gasteiger partial charge in [-0.1, -0.05) is 0 Å². The molecule has 0 aliphatic carbocycles. The fourth-order valence-electron chi connectivity index (χ4n) is 0.961. The zero-order valence-electron chi connectivity index (χ0n) is 6.96. The first-order valence-corrected chi connectivity index (χ1v) is 3.73. The highest BCUT2D eigenvalue weighted by atomic mass is 14.8. The van der Waals surface area contributed by atoms with Crippen LogP contribution in [-0.2, 0) is 6.42 Å². The van der Waals surface area contributed by atoms with E-state index >= 15 is 0 Å². The van der Waals surface area contributed by atoms with Gasteiger partial charge < -0.3 is 5.73 Å². The molecule has 0 unspecified atom stereocenters. The van der Waals surface area contributed by atoms with Gasteiger partial charge in [-0.05, 0) is 20.4 Å². The van der Waals surface area contributed by atoms with Gasteiger partial charge >= 0.3 is 0 Å². The number of aryl methyl sites for hydroxylation is 2. The molecule has 1 aromatic heterocycles. The Morgan fingerprint density at radius 1 is 1.45 bits per heavy atom. The molecular formula is C8H13N3. The van der Waals surface area contributed by atoms with Crippen LogP contribution in [0.2, 0.25) is 0 Å². The summed E-state index contributed by atoms with van der Waals surface area (Å²) in [5.74, 6) is 0. The minimum Gasteiger partial charge on any atom is -0.330 e. The van der Waals surface area contributed by atoms with Crippen LogP contribution in [-0.4, -0.2) is 16.5 Å². The van der Waals surface area contributed by atoms with Crippen molar-refractivity contribution in [2.45, 2.75) is 20.3 Å². The summed E-state index contributed by atoms with van der Waals surface area (Å²) < 4.78 is 0. The first-order chi connectivity index (χ1) is 5.24. The van der Waals surface area contributed by atoms with E-state index in [0.717, 1.165) is 23.5 Å². The zero-order chi connectivity index (χ0) is 8.27. The van der Waals surface area contributed by atoms with Gasteiger partial charge in [-0.3, -0.25) is 9.97 Å². The van der Waals surface area contributed by atoms with Gasteiger partial charge in [-0.2, -0.15) is 0 Å². The van der Waals surface area contributed by atoms with Crippen LogP contribution >= 0.6 is 0 Å². The number of hydrogen-bond acceptors (Lipinski definition) is 3. The molecule has 60 valence electrons. The molecule has 11 heavy (non-hydrogen) atoms. The lowest BCUT2D eigenvalue weighted by Gasteiger charge is -2.02. The van der Waals surface area contributed by atoms with Gasteiger partial charge in [0, 0.05) is 12.6 Å². The second-order valence-electron chi connectivity index (χ2n) is 2.58. The van der Waals surface area contributed by atoms with E-state index in [9.17, 15) is 0 Å². The molecule has 0 fully saturated rings. The van der Waals surface area contributed by atoms with Crippen molar-refractivity contribution < 1.29 is 0 Å². The SMILES string of the molecule is Cc1cnc(C)c(CCN)n1. The molecule has 0 aliphatic rings. The minimum atomic E-state index is 0.638. The van der Waals surface area contributed by atoms with Crippen LogP contribution < -0.4 is 5.73 Å². The Morgan fingerprint density at radius 2 is 2.18 bits per heavy atom. The lowest BCUT2D eigenvalue weighted by Crippen LogP contribution is -2.07. The molecule has 2 N–H and O–H groups in total. The van der Waals surface area contributed by atoms with Crippen molar-refractivity contribution in [1.82, 2.24) is 9.97 Å². The quantitative estimate of drug-likeness (QED) is 0.673. The minimum absolute atomic E-state index is 0.638. The van der Waals surface area contributed by atoms with E-state index < -0.39 is 0 Å². The summed E-state index contributed by atoms with van der Waals surface area (Å²) in [6, 6.07) is 0. The molecule has 1 aromatic rings. The molecule has 0 amide bonds. The summed E-state index contributed by atoms with van der Waals surface area (Å²) in [5, 5.41) is 0. The predicted molar refractivity (Wildman–Crippen MR) is 44.3 cm³/mol. The normalized spacial score (nSPS) is 10.1. The molecule has 0 spiro atoms. The van der Waals surface area contributed by atoms with Gasteiger partial charge in [0.05, 0.1) is 17.1 Å². The van der Waals surface area contributed by atoms with Crippen molar-refractivity contribution in [2.75, 3.05) is 6.54 Å². The van der Waals surface area contributed by atoms with Crippen LogP contribution in [0.4, 0.5) is 0 Å². The van der Waals surface area contributed by atoms with Crippen LogP contribution in [0.15, 0.2) is 6.20 Å². The second kappa shape index (κ2) is 3.44. The number of nitrogens with zero attached hydrogens (tertiary/aromatic N) is 2. The van der Waals surface area contributed by atoms with Crippen LogP contribution in [0, 0.1) is 13.8 Å². The first kappa shape index (κ1) is 8.14. The lowest BCUT2D eigenvalue weighted by molar-refractivity contribution is 0.871. The molecule has 0 saturated carbocycles. The van der Waals surface area contributed by atoms with Crippen LogP contribution in [0.25, 0.3) is 0 Å². The number of nitrogens with two attached hydrogens (primary N) is 1. The number of rotatable bonds is 2. The van der Waals surface area contributed by atoms with Crippen molar-refractivity contribution in [3.63, 3.8) is 0 Å². The topological polar surface area (TPSA) is 51.8 Å². The summed E-state index contributed by atoms with van der Waals surface area (Å²) in [7, 11) is 0. The Balaban J connectivity index is 2.93. The Labute approximate surface area is 66.7 Å². The van der Waals surface area contributed by atoms with E-state index in [0.29, 0.717) is 6.54 Å². The van der Waals surface area contributed by atoms with Gasteiger partial charge in [-0.25, -0.2) is 0 Å². The third kappa shape index (κ3) is 1.98. The summed E-state index contributed by atoms with van der Waals surface area (Å²) in [5.41, 5.74) is 8.38. The highest BCUT2D eigenvalue weighted by Crippen LogP contribution is 2.01. The smallest absolute Gasteiger partial charge is 0.0631 e. The summed E-state index contributed by atoms with van der Waals surface area (Å²) in [6.07, 6.45) is 2.59. The average molecular weight is 151 g/mol. The van der Waals surface area contributed by atoms with Gasteiger partial charge in [0.1, 0.15) is 0 Å². The maximum absolute atomic E-state index is 5.41. The Bertz CT molecular complexity index is 245. The van der Waals surface area contributed by atoms with Crippen LogP contribution in [0.3, 0.4) is 0 Å². The monoisotopic (exact) mass is 151 g/mol. The molecular weight excluding hydrogens is 138 g/mol. The van der Waals surface area contributed by atoms with Crippen molar-refractivity contribution in [3.8, 4) is 0 Å². The number of hydrogen-bond donors (Lipinski definition) is 1. The van der Waals surface area contributed by atoms with Gasteiger partial charge in [-0.15, -0.1) is 0 Å². The van der Waals surface area contributed by atoms with E-state index in [4.69, 9.17) is 5.73 Å². The highest BCUT2D eigenvalue weighted by Gasteiger charge is 1.99. The third-order valence-corrected chi connectivity index (χ3v) is 1.56. The maximum Gasteiger partial charge on any atom is 0.0631 e. The highest BCUT2D eigenvalue weighted by molar-refractivity contribution is 5.11.